The van der Waals surface area contributed by atoms with Gasteiger partial charge < -0.3 is 14.9 Å². The normalized spacial score (nSPS) is 23.0. The molecular weight excluding hydrogens is 314 g/mol. The highest BCUT2D eigenvalue weighted by Gasteiger charge is 2.32. The van der Waals surface area contributed by atoms with E-state index in [9.17, 15) is 5.11 Å². The largest absolute Gasteiger partial charge is 0.396 e. The third-order valence-corrected chi connectivity index (χ3v) is 5.86. The van der Waals surface area contributed by atoms with Crippen molar-refractivity contribution in [3.63, 3.8) is 0 Å². The van der Waals surface area contributed by atoms with E-state index in [1.165, 1.54) is 32.1 Å². The second kappa shape index (κ2) is 8.81. The van der Waals surface area contributed by atoms with Gasteiger partial charge in [0.05, 0.1) is 0 Å². The van der Waals surface area contributed by atoms with Gasteiger partial charge in [0.15, 0.2) is 0 Å². The van der Waals surface area contributed by atoms with E-state index in [1.54, 1.807) is 6.33 Å². The van der Waals surface area contributed by atoms with Gasteiger partial charge in [-0.05, 0) is 26.2 Å². The number of aliphatic hydroxyl groups is 1. The summed E-state index contributed by atoms with van der Waals surface area (Å²) >= 11 is 0. The molecule has 1 saturated carbocycles. The molecule has 0 spiro atoms. The molecule has 1 atom stereocenters. The Bertz CT molecular complexity index is 534. The van der Waals surface area contributed by atoms with Gasteiger partial charge in [0, 0.05) is 58.0 Å². The van der Waals surface area contributed by atoms with Crippen molar-refractivity contribution in [1.29, 1.82) is 0 Å². The van der Waals surface area contributed by atoms with Gasteiger partial charge in [-0.2, -0.15) is 0 Å². The maximum absolute atomic E-state index is 9.56. The van der Waals surface area contributed by atoms with E-state index in [2.05, 4.69) is 44.7 Å². The number of hydrogen-bond donors (Lipinski definition) is 1. The first-order valence-electron chi connectivity index (χ1n) is 9.87. The zero-order chi connectivity index (χ0) is 17.6. The second-order valence-corrected chi connectivity index (χ2v) is 7.39. The van der Waals surface area contributed by atoms with E-state index >= 15 is 0 Å². The lowest BCUT2D eigenvalue weighted by Crippen LogP contribution is -2.57. The van der Waals surface area contributed by atoms with Crippen LogP contribution in [0.4, 0.5) is 11.6 Å². The summed E-state index contributed by atoms with van der Waals surface area (Å²) in [5, 5.41) is 9.56. The molecular formula is C19H33N5O. The number of rotatable bonds is 6. The molecule has 1 unspecified atom stereocenters. The average molecular weight is 348 g/mol. The van der Waals surface area contributed by atoms with Gasteiger partial charge in [0.2, 0.25) is 0 Å². The summed E-state index contributed by atoms with van der Waals surface area (Å²) < 4.78 is 0. The molecule has 0 radical (unpaired) electrons. The van der Waals surface area contributed by atoms with Crippen LogP contribution >= 0.6 is 0 Å². The molecule has 0 aromatic carbocycles. The van der Waals surface area contributed by atoms with Gasteiger partial charge in [-0.3, -0.25) is 4.90 Å². The fourth-order valence-corrected chi connectivity index (χ4v) is 4.26. The third-order valence-electron chi connectivity index (χ3n) is 5.86. The average Bonchev–Trinajstić information content (AvgIpc) is 2.68. The predicted molar refractivity (Wildman–Crippen MR) is 102 cm³/mol. The van der Waals surface area contributed by atoms with Crippen molar-refractivity contribution < 1.29 is 5.11 Å². The summed E-state index contributed by atoms with van der Waals surface area (Å²) in [4.78, 5) is 16.1. The third kappa shape index (κ3) is 4.42. The van der Waals surface area contributed by atoms with Crippen LogP contribution in [-0.2, 0) is 0 Å². The van der Waals surface area contributed by atoms with Crippen molar-refractivity contribution in [1.82, 2.24) is 14.9 Å². The molecule has 0 amide bonds. The SMILES string of the molecule is CCN(C)c1cc(N2CCN(C3CCCCC3)C(CCO)C2)ncn1. The minimum Gasteiger partial charge on any atom is -0.396 e. The smallest absolute Gasteiger partial charge is 0.134 e. The van der Waals surface area contributed by atoms with Crippen molar-refractivity contribution >= 4 is 11.6 Å². The van der Waals surface area contributed by atoms with Gasteiger partial charge >= 0.3 is 0 Å². The Morgan fingerprint density at radius 1 is 1.20 bits per heavy atom. The first-order valence-corrected chi connectivity index (χ1v) is 9.87. The van der Waals surface area contributed by atoms with Crippen LogP contribution in [0.1, 0.15) is 45.4 Å². The van der Waals surface area contributed by atoms with Crippen LogP contribution in [0.2, 0.25) is 0 Å². The molecule has 1 aliphatic carbocycles. The minimum absolute atomic E-state index is 0.259. The second-order valence-electron chi connectivity index (χ2n) is 7.39. The van der Waals surface area contributed by atoms with Crippen molar-refractivity contribution in [2.75, 3.05) is 49.6 Å². The molecule has 0 bridgehead atoms. The quantitative estimate of drug-likeness (QED) is 0.851. The van der Waals surface area contributed by atoms with Crippen LogP contribution in [0.15, 0.2) is 12.4 Å². The number of aromatic nitrogens is 2. The van der Waals surface area contributed by atoms with Gasteiger partial charge in [0.25, 0.3) is 0 Å². The molecule has 140 valence electrons. The van der Waals surface area contributed by atoms with E-state index in [-0.39, 0.29) is 6.61 Å². The number of anilines is 2. The molecule has 1 aromatic heterocycles. The minimum atomic E-state index is 0.259. The molecule has 25 heavy (non-hydrogen) atoms. The molecule has 2 fully saturated rings. The molecule has 1 saturated heterocycles. The van der Waals surface area contributed by atoms with E-state index in [1.807, 2.05) is 0 Å². The number of hydrogen-bond acceptors (Lipinski definition) is 6. The molecule has 1 N–H and O–H groups in total. The summed E-state index contributed by atoms with van der Waals surface area (Å²) in [6.07, 6.45) is 9.26. The highest BCUT2D eigenvalue weighted by molar-refractivity contribution is 5.50. The predicted octanol–water partition coefficient (Wildman–Crippen LogP) is 2.14. The lowest BCUT2D eigenvalue weighted by atomic mass is 9.92. The number of nitrogens with zero attached hydrogens (tertiary/aromatic N) is 5. The van der Waals surface area contributed by atoms with Gasteiger partial charge in [-0.1, -0.05) is 19.3 Å². The summed E-state index contributed by atoms with van der Waals surface area (Å²) in [7, 11) is 2.06. The summed E-state index contributed by atoms with van der Waals surface area (Å²) in [6, 6.07) is 3.22. The Morgan fingerprint density at radius 2 is 2.00 bits per heavy atom. The van der Waals surface area contributed by atoms with Crippen molar-refractivity contribution in [2.45, 2.75) is 57.5 Å². The van der Waals surface area contributed by atoms with Crippen molar-refractivity contribution in [2.24, 2.45) is 0 Å². The molecule has 2 heterocycles. The zero-order valence-corrected chi connectivity index (χ0v) is 15.8. The number of aliphatic hydroxyl groups excluding tert-OH is 1. The summed E-state index contributed by atoms with van der Waals surface area (Å²) in [6.45, 7) is 6.34. The van der Waals surface area contributed by atoms with Gasteiger partial charge in [-0.15, -0.1) is 0 Å². The van der Waals surface area contributed by atoms with Crippen LogP contribution in [0, 0.1) is 0 Å². The van der Waals surface area contributed by atoms with E-state index < -0.39 is 0 Å². The monoisotopic (exact) mass is 347 g/mol. The number of piperazine rings is 1. The summed E-state index contributed by atoms with van der Waals surface area (Å²) in [5.74, 6) is 1.98. The Labute approximate surface area is 151 Å². The highest BCUT2D eigenvalue weighted by Crippen LogP contribution is 2.28. The molecule has 6 nitrogen and oxygen atoms in total. The zero-order valence-electron chi connectivity index (χ0n) is 15.8. The van der Waals surface area contributed by atoms with Crippen LogP contribution < -0.4 is 9.80 Å². The topological polar surface area (TPSA) is 55.7 Å². The van der Waals surface area contributed by atoms with Crippen molar-refractivity contribution in [3.05, 3.63) is 12.4 Å². The molecule has 3 rings (SSSR count). The fourth-order valence-electron chi connectivity index (χ4n) is 4.26. The molecule has 1 aromatic rings. The van der Waals surface area contributed by atoms with Crippen molar-refractivity contribution in [3.8, 4) is 0 Å². The van der Waals surface area contributed by atoms with Crippen LogP contribution in [0.25, 0.3) is 0 Å². The van der Waals surface area contributed by atoms with Crippen LogP contribution in [-0.4, -0.2) is 71.9 Å². The highest BCUT2D eigenvalue weighted by atomic mass is 16.3. The maximum atomic E-state index is 9.56. The first kappa shape index (κ1) is 18.4. The molecule has 1 aliphatic heterocycles. The molecule has 2 aliphatic rings. The van der Waals surface area contributed by atoms with E-state index in [0.29, 0.717) is 12.1 Å². The maximum Gasteiger partial charge on any atom is 0.134 e. The Morgan fingerprint density at radius 3 is 2.72 bits per heavy atom. The summed E-state index contributed by atoms with van der Waals surface area (Å²) in [5.41, 5.74) is 0. The van der Waals surface area contributed by atoms with Crippen LogP contribution in [0.3, 0.4) is 0 Å². The lowest BCUT2D eigenvalue weighted by molar-refractivity contribution is 0.0756. The lowest BCUT2D eigenvalue weighted by Gasteiger charge is -2.46. The Balaban J connectivity index is 1.70. The fraction of sp³-hybridized carbons (Fsp3) is 0.789. The molecule has 6 heteroatoms. The van der Waals surface area contributed by atoms with Gasteiger partial charge in [0.1, 0.15) is 18.0 Å². The van der Waals surface area contributed by atoms with Crippen LogP contribution in [0.5, 0.6) is 0 Å². The van der Waals surface area contributed by atoms with Gasteiger partial charge in [-0.25, -0.2) is 9.97 Å². The Hall–Kier alpha value is -1.40. The van der Waals surface area contributed by atoms with E-state index in [0.717, 1.165) is 44.2 Å². The standard InChI is InChI=1S/C19H33N5O/c1-3-22(2)18-13-19(21-15-20-18)23-10-11-24(17(14-23)9-12-25)16-7-5-4-6-8-16/h13,15-17,25H,3-12,14H2,1-2H3. The Kier molecular flexibility index (Phi) is 6.48. The first-order chi connectivity index (χ1) is 12.2. The van der Waals surface area contributed by atoms with E-state index in [4.69, 9.17) is 0 Å².